The van der Waals surface area contributed by atoms with Gasteiger partial charge >= 0.3 is 66.5 Å². The summed E-state index contributed by atoms with van der Waals surface area (Å²) in [5, 5.41) is 43.7. The smallest absolute Gasteiger partial charge is 0.407 e. The first-order valence-corrected chi connectivity index (χ1v) is 45.3. The van der Waals surface area contributed by atoms with E-state index in [1.54, 1.807) is 19.1 Å². The first kappa shape index (κ1) is 103. The number of aryl methyl sites for hydroxylation is 2. The molecular weight excluding hydrogens is 1610 g/mol. The predicted molar refractivity (Wildman–Crippen MR) is 481 cm³/mol. The van der Waals surface area contributed by atoms with Gasteiger partial charge in [-0.2, -0.15) is 0 Å². The number of hydrogen-bond donors (Lipinski definition) is 18. The van der Waals surface area contributed by atoms with Crippen LogP contribution in [0.5, 0.6) is 11.5 Å². The Hall–Kier alpha value is -10.6. The molecule has 702 valence electrons. The van der Waals surface area contributed by atoms with Gasteiger partial charge in [0.15, 0.2) is 0 Å². The molecule has 0 saturated carbocycles. The number of benzene rings is 2. The average Bonchev–Trinajstić information content (AvgIpc) is 1.71. The third kappa shape index (κ3) is 39.2. The number of amides is 20. The molecule has 3 unspecified atom stereocenters. The van der Waals surface area contributed by atoms with Crippen molar-refractivity contribution in [3.8, 4) is 11.5 Å². The van der Waals surface area contributed by atoms with Crippen molar-refractivity contribution < 1.29 is 71.7 Å². The molecule has 2 aromatic rings. The molecule has 0 spiro atoms. The Bertz CT molecular complexity index is 3610. The van der Waals surface area contributed by atoms with Gasteiger partial charge in [-0.25, -0.2) is 52.7 Å². The normalized spacial score (nSPS) is 22.1. The fraction of sp³-hybridized carbons (Fsp3) is 0.690. The van der Waals surface area contributed by atoms with Gasteiger partial charge in [-0.3, -0.25) is 0 Å². The lowest BCUT2D eigenvalue weighted by atomic mass is 10.1. The molecule has 0 aromatic heterocycles. The summed E-state index contributed by atoms with van der Waals surface area (Å²) in [6.07, 6.45) is 21.6. The lowest BCUT2D eigenvalue weighted by Gasteiger charge is -2.35. The second-order valence-electron chi connectivity index (χ2n) is 32.8. The monoisotopic (exact) mass is 1760 g/mol. The Kier molecular flexibility index (Phi) is 48.9. The highest BCUT2D eigenvalue weighted by molar-refractivity contribution is 5.80. The standard InChI is InChI=1S/C30H55N9O4.C30H54N8O7.C27H40N6O4/c1-22-12-13-23(27(17-22)43-2)21-39-26(11-5-8-16-33)20-35-29(41)37-24(9-3-6-14-31)18-34-28(40)38-25(10-4-7-15-32)19-36-30(39)42;1-4-7-8-13-23-20-33-27(40)37-25(15-10-12-17-32-30(43)45-19-6-3)22-35-28(41)38-24(21-34-26(39)36-23)14-9-11-16-31-29(42)44-18-5-2;1-19-9-10-20(24(14-19)37-2)17-30-18-23-8-5-12-32(23)26(35)28-15-21-6-3-11-31(21)25(34)29-16-22-7-4-13-33(22)27(30)36/h12-13,17,24-26H,3-11,14-16,18-21,31-33H2,1-2H3,(H,36,42)(H2,34,38,40)(H2,35,37,41);5-6,23-25H,2-4,7-22H2,1H3,(H,31,42)(H,32,43)(H2,33,37,40)(H2,34,36,39)(H2,35,38,41);9-10,14,21-23H,3-8,11-13,15-18H2,1-2H3,(H,28,35)(H,29,34)/t24-,25-,26-;23-,24-,25-;/m00./s1. The van der Waals surface area contributed by atoms with Gasteiger partial charge in [0.25, 0.3) is 0 Å². The van der Waals surface area contributed by atoms with Crippen molar-refractivity contribution in [1.82, 2.24) is 104 Å². The summed E-state index contributed by atoms with van der Waals surface area (Å²) in [5.41, 5.74) is 21.1. The minimum atomic E-state index is -0.522. The van der Waals surface area contributed by atoms with Gasteiger partial charge in [-0.15, -0.1) is 0 Å². The third-order valence-corrected chi connectivity index (χ3v) is 22.9. The van der Waals surface area contributed by atoms with Gasteiger partial charge in [-0.05, 0) is 179 Å². The quantitative estimate of drug-likeness (QED) is 0.0238. The Morgan fingerprint density at radius 2 is 0.800 bits per heavy atom. The van der Waals surface area contributed by atoms with E-state index in [0.717, 1.165) is 124 Å². The molecule has 21 N–H and O–H groups in total. The number of ether oxygens (including phenoxy) is 4. The number of methoxy groups -OCH3 is 2. The number of fused-ring (bicyclic) bond motifs is 3. The van der Waals surface area contributed by atoms with Crippen LogP contribution in [0.3, 0.4) is 0 Å². The van der Waals surface area contributed by atoms with Crippen LogP contribution < -0.4 is 106 Å². The third-order valence-electron chi connectivity index (χ3n) is 22.9. The van der Waals surface area contributed by atoms with Crippen LogP contribution in [-0.2, 0) is 22.6 Å². The second-order valence-corrected chi connectivity index (χ2v) is 32.8. The number of hydrogen-bond acceptors (Lipinski definition) is 18. The Morgan fingerprint density at radius 3 is 1.22 bits per heavy atom. The molecule has 20 amide bonds. The fourth-order valence-electron chi connectivity index (χ4n) is 16.0. The molecule has 6 fully saturated rings. The van der Waals surface area contributed by atoms with Crippen molar-refractivity contribution in [2.24, 2.45) is 17.2 Å². The van der Waals surface area contributed by atoms with Crippen molar-refractivity contribution in [3.63, 3.8) is 0 Å². The topological polar surface area (TPSA) is 499 Å². The molecule has 0 bridgehead atoms. The summed E-state index contributed by atoms with van der Waals surface area (Å²) < 4.78 is 21.1. The highest BCUT2D eigenvalue weighted by Gasteiger charge is 2.39. The minimum Gasteiger partial charge on any atom is -0.496 e. The molecular formula is C87H149N23O15. The minimum absolute atomic E-state index is 0.00180. The summed E-state index contributed by atoms with van der Waals surface area (Å²) in [4.78, 5) is 151. The number of nitrogens with two attached hydrogens (primary N) is 3. The van der Waals surface area contributed by atoms with Gasteiger partial charge < -0.3 is 140 Å². The van der Waals surface area contributed by atoms with Crippen LogP contribution in [-0.4, -0.2) is 284 Å². The molecule has 9 atom stereocenters. The van der Waals surface area contributed by atoms with E-state index in [2.05, 4.69) is 99.8 Å². The zero-order valence-electron chi connectivity index (χ0n) is 74.8. The molecule has 38 nitrogen and oxygen atoms in total. The molecule has 6 aliphatic rings. The van der Waals surface area contributed by atoms with Gasteiger partial charge in [0.2, 0.25) is 0 Å². The Balaban J connectivity index is 0.000000291. The zero-order chi connectivity index (χ0) is 90.5. The number of rotatable bonds is 36. The number of carbonyl (C=O) groups excluding carboxylic acids is 11. The largest absolute Gasteiger partial charge is 0.496 e. The van der Waals surface area contributed by atoms with Crippen LogP contribution in [0.15, 0.2) is 61.7 Å². The second kappa shape index (κ2) is 59.3. The van der Waals surface area contributed by atoms with Crippen molar-refractivity contribution in [2.75, 3.05) is 139 Å². The Morgan fingerprint density at radius 1 is 0.440 bits per heavy atom. The maximum Gasteiger partial charge on any atom is 0.407 e. The maximum atomic E-state index is 14.0. The van der Waals surface area contributed by atoms with Crippen molar-refractivity contribution in [2.45, 2.75) is 249 Å². The number of nitrogens with one attached hydrogen (secondary N) is 15. The van der Waals surface area contributed by atoms with E-state index in [0.29, 0.717) is 148 Å². The lowest BCUT2D eigenvalue weighted by molar-refractivity contribution is 0.127. The molecule has 125 heavy (non-hydrogen) atoms. The number of unbranched alkanes of at least 4 members (excludes halogenated alkanes) is 7. The van der Waals surface area contributed by atoms with Crippen molar-refractivity contribution in [3.05, 3.63) is 84.0 Å². The lowest BCUT2D eigenvalue weighted by Crippen LogP contribution is -2.53. The van der Waals surface area contributed by atoms with Gasteiger partial charge in [0.1, 0.15) is 24.7 Å². The van der Waals surface area contributed by atoms with E-state index in [-0.39, 0.29) is 156 Å². The molecule has 2 aromatic carbocycles. The van der Waals surface area contributed by atoms with E-state index in [1.165, 1.54) is 12.2 Å². The van der Waals surface area contributed by atoms with Crippen molar-refractivity contribution >= 4 is 66.5 Å². The summed E-state index contributed by atoms with van der Waals surface area (Å²) in [6.45, 7) is 21.3. The fourth-order valence-corrected chi connectivity index (χ4v) is 16.0. The van der Waals surface area contributed by atoms with E-state index in [4.69, 9.17) is 36.1 Å². The molecule has 8 rings (SSSR count). The van der Waals surface area contributed by atoms with E-state index in [9.17, 15) is 52.7 Å². The molecule has 6 heterocycles. The number of carbonyl (C=O) groups is 11. The highest BCUT2D eigenvalue weighted by Crippen LogP contribution is 2.29. The van der Waals surface area contributed by atoms with Crippen LogP contribution in [0.2, 0.25) is 0 Å². The summed E-state index contributed by atoms with van der Waals surface area (Å²) in [7, 11) is 3.26. The number of urea groups is 9. The van der Waals surface area contributed by atoms with E-state index >= 15 is 0 Å². The summed E-state index contributed by atoms with van der Waals surface area (Å²) >= 11 is 0. The SMILES string of the molecule is C=CCOC(=O)NCCCC[C@H]1CNC(=O)N[C@@H](CCCCC)CNC(=O)N[C@@H](CCCCNC(=O)OCC=C)CNC(=O)N1.COc1cc(C)ccc1CN1C(=O)NC[C@H](CCCCN)NC(=O)NC[C@H](CCCCN)NC(=O)NC[C@@H]1CCCCN.COc1cc(C)ccc1CN1CC2CCCN2C(=O)NCC2CCCN2C(=O)NCC2CCCN2C1=O. The van der Waals surface area contributed by atoms with Gasteiger partial charge in [-0.1, -0.05) is 95.0 Å². The molecule has 0 aliphatic carbocycles. The van der Waals surface area contributed by atoms with Crippen LogP contribution >= 0.6 is 0 Å². The van der Waals surface area contributed by atoms with Gasteiger partial charge in [0.05, 0.1) is 51.5 Å². The van der Waals surface area contributed by atoms with E-state index < -0.39 is 24.2 Å². The predicted octanol–water partition coefficient (Wildman–Crippen LogP) is 7.12. The van der Waals surface area contributed by atoms with Crippen LogP contribution in [0, 0.1) is 13.8 Å². The zero-order valence-corrected chi connectivity index (χ0v) is 74.8. The average molecular weight is 1760 g/mol. The molecule has 0 radical (unpaired) electrons. The number of nitrogens with zero attached hydrogens (tertiary/aromatic N) is 5. The van der Waals surface area contributed by atoms with Crippen LogP contribution in [0.4, 0.5) is 52.7 Å². The molecule has 6 saturated heterocycles. The van der Waals surface area contributed by atoms with Crippen molar-refractivity contribution in [1.29, 1.82) is 0 Å². The first-order chi connectivity index (χ1) is 60.5. The maximum absolute atomic E-state index is 14.0. The summed E-state index contributed by atoms with van der Waals surface area (Å²) in [6, 6.07) is 7.49. The molecule has 6 aliphatic heterocycles. The molecule has 38 heteroatoms. The summed E-state index contributed by atoms with van der Waals surface area (Å²) in [5.74, 6) is 1.45. The Labute approximate surface area is 739 Å². The van der Waals surface area contributed by atoms with E-state index in [1.807, 2.05) is 69.8 Å². The van der Waals surface area contributed by atoms with Crippen LogP contribution in [0.1, 0.15) is 190 Å². The van der Waals surface area contributed by atoms with Gasteiger partial charge in [0, 0.05) is 133 Å². The first-order valence-electron chi connectivity index (χ1n) is 45.3. The number of alkyl carbamates (subject to hydrolysis) is 2. The van der Waals surface area contributed by atoms with Crippen LogP contribution in [0.25, 0.3) is 0 Å². The highest BCUT2D eigenvalue weighted by atomic mass is 16.6.